The van der Waals surface area contributed by atoms with Gasteiger partial charge in [0.05, 0.1) is 19.4 Å². The van der Waals surface area contributed by atoms with Crippen molar-refractivity contribution < 1.29 is 21.8 Å². The Labute approximate surface area is 102 Å². The first-order valence-corrected chi connectivity index (χ1v) is 9.50. The first kappa shape index (κ1) is 16.7. The Morgan fingerprint density at radius 2 is 1.71 bits per heavy atom. The second kappa shape index (κ2) is 7.92. The molecule has 0 aromatic rings. The second-order valence-electron chi connectivity index (χ2n) is 3.68. The monoisotopic (exact) mass is 284 g/mol. The van der Waals surface area contributed by atoms with Crippen molar-refractivity contribution in [2.24, 2.45) is 0 Å². The summed E-state index contributed by atoms with van der Waals surface area (Å²) in [4.78, 5) is 0. The Morgan fingerprint density at radius 1 is 1.24 bits per heavy atom. The third-order valence-electron chi connectivity index (χ3n) is 1.83. The molecule has 0 aromatic carbocycles. The third kappa shape index (κ3) is 9.41. The number of halogens is 2. The van der Waals surface area contributed by atoms with Crippen LogP contribution in [0.2, 0.25) is 12.6 Å². The van der Waals surface area contributed by atoms with E-state index in [1.165, 1.54) is 12.2 Å². The van der Waals surface area contributed by atoms with E-state index in [2.05, 4.69) is 13.2 Å². The summed E-state index contributed by atoms with van der Waals surface area (Å²) in [6.45, 7) is 7.98. The fourth-order valence-electron chi connectivity index (χ4n) is 1.08. The van der Waals surface area contributed by atoms with Crippen LogP contribution in [-0.4, -0.2) is 28.1 Å². The van der Waals surface area contributed by atoms with Gasteiger partial charge in [-0.25, -0.2) is 0 Å². The Morgan fingerprint density at radius 3 is 2.06 bits per heavy atom. The van der Waals surface area contributed by atoms with Gasteiger partial charge in [-0.2, -0.15) is 0 Å². The van der Waals surface area contributed by atoms with Crippen LogP contribution >= 0.6 is 7.60 Å². The van der Waals surface area contributed by atoms with Gasteiger partial charge in [-0.1, -0.05) is 12.2 Å². The summed E-state index contributed by atoms with van der Waals surface area (Å²) in [5, 5.41) is 0. The largest absolute Gasteiger partial charge is 0.422 e. The minimum Gasteiger partial charge on any atom is -0.304 e. The van der Waals surface area contributed by atoms with Gasteiger partial charge in [-0.3, -0.25) is 12.8 Å². The van der Waals surface area contributed by atoms with Crippen molar-refractivity contribution in [3.63, 3.8) is 0 Å². The lowest BCUT2D eigenvalue weighted by molar-refractivity contribution is 0.237. The van der Waals surface area contributed by atoms with Crippen molar-refractivity contribution in [1.29, 1.82) is 0 Å². The zero-order valence-electron chi connectivity index (χ0n) is 10.0. The van der Waals surface area contributed by atoms with E-state index in [1.54, 1.807) is 0 Å². The van der Waals surface area contributed by atoms with Gasteiger partial charge in [0.1, 0.15) is 0 Å². The molecule has 0 bridgehead atoms. The second-order valence-corrected chi connectivity index (χ2v) is 8.50. The van der Waals surface area contributed by atoms with Crippen LogP contribution in [0, 0.1) is 0 Å². The van der Waals surface area contributed by atoms with Crippen LogP contribution < -0.4 is 0 Å². The van der Waals surface area contributed by atoms with Crippen molar-refractivity contribution in [2.45, 2.75) is 19.0 Å². The fourth-order valence-corrected chi connectivity index (χ4v) is 3.72. The average molecular weight is 284 g/mol. The average Bonchev–Trinajstić information content (AvgIpc) is 2.22. The maximum atomic E-state index is 12.7. The van der Waals surface area contributed by atoms with Crippen molar-refractivity contribution >= 4 is 16.3 Å². The lowest BCUT2D eigenvalue weighted by atomic mass is 10.6. The molecular weight excluding hydrogens is 265 g/mol. The van der Waals surface area contributed by atoms with Gasteiger partial charge in [-0.15, -0.1) is 13.2 Å². The highest BCUT2D eigenvalue weighted by Gasteiger charge is 2.30. The van der Waals surface area contributed by atoms with Crippen molar-refractivity contribution in [3.05, 3.63) is 25.3 Å². The normalized spacial score (nSPS) is 12.4. The topological polar surface area (TPSA) is 35.5 Å². The van der Waals surface area contributed by atoms with Crippen LogP contribution in [0.3, 0.4) is 0 Å². The van der Waals surface area contributed by atoms with Gasteiger partial charge < -0.3 is 9.05 Å². The quantitative estimate of drug-likeness (QED) is 0.263. The number of hydrogen-bond acceptors (Lipinski definition) is 3. The van der Waals surface area contributed by atoms with E-state index < -0.39 is 16.3 Å². The van der Waals surface area contributed by atoms with Crippen LogP contribution in [-0.2, 0) is 13.6 Å². The summed E-state index contributed by atoms with van der Waals surface area (Å²) in [6.07, 6.45) is 3.02. The predicted molar refractivity (Wildman–Crippen MR) is 68.0 cm³/mol. The highest BCUT2D eigenvalue weighted by Crippen LogP contribution is 2.49. The summed E-state index contributed by atoms with van der Waals surface area (Å²) in [5.41, 5.74) is 0. The molecule has 0 aliphatic carbocycles. The summed E-state index contributed by atoms with van der Waals surface area (Å²) in [6, 6.07) is -0.202. The molecule has 0 aliphatic heterocycles. The van der Waals surface area contributed by atoms with Gasteiger partial charge in [0.15, 0.2) is 0 Å². The molecule has 0 aromatic heterocycles. The molecule has 0 atom stereocenters. The lowest BCUT2D eigenvalue weighted by Gasteiger charge is -2.17. The van der Waals surface area contributed by atoms with E-state index in [0.717, 1.165) is 6.55 Å². The van der Waals surface area contributed by atoms with Crippen LogP contribution in [0.5, 0.6) is 0 Å². The molecule has 0 spiro atoms. The Bertz CT molecular complexity index is 276. The summed E-state index contributed by atoms with van der Waals surface area (Å²) >= 11 is 0. The minimum atomic E-state index is -4.09. The molecule has 100 valence electrons. The Kier molecular flexibility index (Phi) is 7.79. The molecule has 7 heteroatoms. The first-order chi connectivity index (χ1) is 7.83. The number of rotatable bonds is 10. The molecular formula is C10H19F2O3PSi. The summed E-state index contributed by atoms with van der Waals surface area (Å²) < 4.78 is 47.6. The van der Waals surface area contributed by atoms with Gasteiger partial charge in [0, 0.05) is 0 Å². The SMILES string of the molecule is C=CCOP(=O)(CCC[Si](C)(F)F)OCC=C. The van der Waals surface area contributed by atoms with Crippen LogP contribution in [0.25, 0.3) is 0 Å². The van der Waals surface area contributed by atoms with Crippen molar-refractivity contribution in [3.8, 4) is 0 Å². The van der Waals surface area contributed by atoms with Gasteiger partial charge in [-0.05, 0) is 19.0 Å². The van der Waals surface area contributed by atoms with Gasteiger partial charge in [0.2, 0.25) is 0 Å². The highest BCUT2D eigenvalue weighted by molar-refractivity contribution is 7.53. The molecule has 0 saturated carbocycles. The molecule has 0 rings (SSSR count). The van der Waals surface area contributed by atoms with Gasteiger partial charge in [0.25, 0.3) is 0 Å². The highest BCUT2D eigenvalue weighted by atomic mass is 31.2. The zero-order valence-corrected chi connectivity index (χ0v) is 11.9. The van der Waals surface area contributed by atoms with Gasteiger partial charge >= 0.3 is 16.3 Å². The fraction of sp³-hybridized carbons (Fsp3) is 0.600. The molecule has 0 saturated heterocycles. The van der Waals surface area contributed by atoms with Crippen molar-refractivity contribution in [1.82, 2.24) is 0 Å². The summed E-state index contributed by atoms with van der Waals surface area (Å²) in [5.74, 6) is 0. The molecule has 0 amide bonds. The smallest absolute Gasteiger partial charge is 0.304 e. The van der Waals surface area contributed by atoms with Crippen LogP contribution in [0.15, 0.2) is 25.3 Å². The maximum Gasteiger partial charge on any atom is 0.422 e. The van der Waals surface area contributed by atoms with Crippen LogP contribution in [0.1, 0.15) is 6.42 Å². The molecule has 3 nitrogen and oxygen atoms in total. The number of hydrogen-bond donors (Lipinski definition) is 0. The van der Waals surface area contributed by atoms with E-state index in [0.29, 0.717) is 0 Å². The molecule has 0 fully saturated rings. The van der Waals surface area contributed by atoms with E-state index in [4.69, 9.17) is 9.05 Å². The van der Waals surface area contributed by atoms with Crippen molar-refractivity contribution in [2.75, 3.05) is 19.4 Å². The minimum absolute atomic E-state index is 0.00507. The van der Waals surface area contributed by atoms with E-state index >= 15 is 0 Å². The predicted octanol–water partition coefficient (Wildman–Crippen LogP) is 3.99. The Balaban J connectivity index is 4.22. The lowest BCUT2D eigenvalue weighted by Crippen LogP contribution is -2.16. The van der Waals surface area contributed by atoms with E-state index in [9.17, 15) is 12.8 Å². The standard InChI is InChI=1S/C10H19F2O3PSi/c1-4-7-14-16(13,15-8-5-2)9-6-10-17(3,11)12/h4-5H,1-2,6-10H2,3H3. The maximum absolute atomic E-state index is 12.7. The van der Waals surface area contributed by atoms with Crippen LogP contribution in [0.4, 0.5) is 8.22 Å². The molecule has 17 heavy (non-hydrogen) atoms. The molecule has 0 aliphatic rings. The first-order valence-electron chi connectivity index (χ1n) is 5.31. The molecule has 0 heterocycles. The summed E-state index contributed by atoms with van der Waals surface area (Å²) in [7, 11) is -7.38. The third-order valence-corrected chi connectivity index (χ3v) is 5.01. The molecule has 0 radical (unpaired) electrons. The molecule has 0 unspecified atom stereocenters. The van der Waals surface area contributed by atoms with E-state index in [1.807, 2.05) is 0 Å². The molecule has 0 N–H and O–H groups in total. The Hall–Kier alpha value is -0.293. The van der Waals surface area contributed by atoms with E-state index in [-0.39, 0.29) is 31.8 Å². The zero-order chi connectivity index (χ0) is 13.4.